The zero-order chi connectivity index (χ0) is 14.6. The van der Waals surface area contributed by atoms with Gasteiger partial charge in [-0.05, 0) is 45.4 Å². The van der Waals surface area contributed by atoms with E-state index in [0.29, 0.717) is 11.6 Å². The van der Waals surface area contributed by atoms with Crippen LogP contribution in [0.2, 0.25) is 0 Å². The summed E-state index contributed by atoms with van der Waals surface area (Å²) in [5, 5.41) is 0. The van der Waals surface area contributed by atoms with Gasteiger partial charge in [0, 0.05) is 44.3 Å². The number of piperazine rings is 1. The van der Waals surface area contributed by atoms with Gasteiger partial charge in [0.1, 0.15) is 0 Å². The first kappa shape index (κ1) is 16.3. The van der Waals surface area contributed by atoms with Crippen LogP contribution >= 0.6 is 0 Å². The van der Waals surface area contributed by atoms with Gasteiger partial charge in [0.2, 0.25) is 0 Å². The van der Waals surface area contributed by atoms with Crippen LogP contribution in [-0.2, 0) is 0 Å². The first-order chi connectivity index (χ1) is 9.61. The summed E-state index contributed by atoms with van der Waals surface area (Å²) in [6, 6.07) is 0.686. The van der Waals surface area contributed by atoms with Crippen molar-refractivity contribution in [1.29, 1.82) is 0 Å². The fourth-order valence-corrected chi connectivity index (χ4v) is 4.27. The molecule has 2 fully saturated rings. The number of nitrogens with zero attached hydrogens (tertiary/aromatic N) is 2. The molecule has 0 spiro atoms. The summed E-state index contributed by atoms with van der Waals surface area (Å²) < 4.78 is 0. The van der Waals surface area contributed by atoms with E-state index in [4.69, 9.17) is 5.73 Å². The number of hydrogen-bond donors (Lipinski definition) is 1. The van der Waals surface area contributed by atoms with Gasteiger partial charge in [-0.3, -0.25) is 9.80 Å². The van der Waals surface area contributed by atoms with Crippen molar-refractivity contribution in [2.75, 3.05) is 32.7 Å². The summed E-state index contributed by atoms with van der Waals surface area (Å²) in [5.41, 5.74) is 6.55. The van der Waals surface area contributed by atoms with Gasteiger partial charge in [-0.15, -0.1) is 0 Å². The largest absolute Gasteiger partial charge is 0.329 e. The van der Waals surface area contributed by atoms with Gasteiger partial charge in [-0.2, -0.15) is 0 Å². The summed E-state index contributed by atoms with van der Waals surface area (Å²) in [4.78, 5) is 5.33. The maximum atomic E-state index is 6.23. The van der Waals surface area contributed by atoms with Gasteiger partial charge in [0.15, 0.2) is 0 Å². The first-order valence-corrected chi connectivity index (χ1v) is 8.80. The van der Waals surface area contributed by atoms with Crippen molar-refractivity contribution in [3.05, 3.63) is 0 Å². The number of nitrogens with two attached hydrogens (primary N) is 1. The SMILES string of the molecule is CCCC1CCC(CN)(N2CCN(C(C)C)CC2)CC1. The van der Waals surface area contributed by atoms with Crippen molar-refractivity contribution in [2.24, 2.45) is 11.7 Å². The molecule has 118 valence electrons. The lowest BCUT2D eigenvalue weighted by Crippen LogP contribution is -2.61. The topological polar surface area (TPSA) is 32.5 Å². The predicted molar refractivity (Wildman–Crippen MR) is 86.9 cm³/mol. The Morgan fingerprint density at radius 2 is 1.70 bits per heavy atom. The van der Waals surface area contributed by atoms with E-state index < -0.39 is 0 Å². The van der Waals surface area contributed by atoms with Gasteiger partial charge >= 0.3 is 0 Å². The molecular weight excluding hydrogens is 246 g/mol. The lowest BCUT2D eigenvalue weighted by molar-refractivity contribution is -0.00391. The third-order valence-corrected chi connectivity index (χ3v) is 5.83. The smallest absolute Gasteiger partial charge is 0.0333 e. The third-order valence-electron chi connectivity index (χ3n) is 5.83. The fraction of sp³-hybridized carbons (Fsp3) is 1.00. The van der Waals surface area contributed by atoms with Crippen LogP contribution in [0, 0.1) is 5.92 Å². The molecule has 1 aliphatic carbocycles. The summed E-state index contributed by atoms with van der Waals surface area (Å²) in [5.74, 6) is 0.969. The van der Waals surface area contributed by atoms with E-state index in [0.717, 1.165) is 12.5 Å². The zero-order valence-corrected chi connectivity index (χ0v) is 13.9. The molecule has 0 aromatic carbocycles. The van der Waals surface area contributed by atoms with Crippen LogP contribution in [0.4, 0.5) is 0 Å². The van der Waals surface area contributed by atoms with E-state index in [1.165, 1.54) is 64.7 Å². The molecule has 0 unspecified atom stereocenters. The average molecular weight is 281 g/mol. The maximum Gasteiger partial charge on any atom is 0.0333 e. The average Bonchev–Trinajstić information content (AvgIpc) is 2.49. The van der Waals surface area contributed by atoms with Crippen LogP contribution in [0.25, 0.3) is 0 Å². The molecule has 1 saturated carbocycles. The lowest BCUT2D eigenvalue weighted by Gasteiger charge is -2.51. The zero-order valence-electron chi connectivity index (χ0n) is 13.9. The van der Waals surface area contributed by atoms with Crippen molar-refractivity contribution in [3.8, 4) is 0 Å². The van der Waals surface area contributed by atoms with Gasteiger partial charge < -0.3 is 5.73 Å². The second kappa shape index (κ2) is 7.24. The quantitative estimate of drug-likeness (QED) is 0.841. The van der Waals surface area contributed by atoms with Crippen LogP contribution in [0.1, 0.15) is 59.3 Å². The maximum absolute atomic E-state index is 6.23. The highest BCUT2D eigenvalue weighted by Gasteiger charge is 2.40. The Hall–Kier alpha value is -0.120. The van der Waals surface area contributed by atoms with E-state index in [2.05, 4.69) is 30.6 Å². The summed E-state index contributed by atoms with van der Waals surface area (Å²) in [6.07, 6.45) is 8.21. The highest BCUT2D eigenvalue weighted by molar-refractivity contribution is 4.97. The highest BCUT2D eigenvalue weighted by Crippen LogP contribution is 2.38. The molecular formula is C17H35N3. The van der Waals surface area contributed by atoms with Gasteiger partial charge in [0.05, 0.1) is 0 Å². The van der Waals surface area contributed by atoms with Crippen LogP contribution < -0.4 is 5.73 Å². The Balaban J connectivity index is 1.89. The van der Waals surface area contributed by atoms with Crippen LogP contribution in [0.3, 0.4) is 0 Å². The summed E-state index contributed by atoms with van der Waals surface area (Å²) in [6.45, 7) is 12.7. The van der Waals surface area contributed by atoms with Crippen molar-refractivity contribution < 1.29 is 0 Å². The molecule has 0 aromatic rings. The molecule has 1 heterocycles. The van der Waals surface area contributed by atoms with E-state index in [9.17, 15) is 0 Å². The Labute approximate surface area is 125 Å². The standard InChI is InChI=1S/C17H35N3/c1-4-5-16-6-8-17(14-18,9-7-16)20-12-10-19(11-13-20)15(2)3/h15-16H,4-14,18H2,1-3H3. The van der Waals surface area contributed by atoms with Crippen molar-refractivity contribution in [1.82, 2.24) is 9.80 Å². The predicted octanol–water partition coefficient (Wildman–Crippen LogP) is 2.70. The second-order valence-corrected chi connectivity index (χ2v) is 7.28. The minimum absolute atomic E-state index is 0.327. The van der Waals surface area contributed by atoms with Crippen LogP contribution in [0.5, 0.6) is 0 Å². The molecule has 2 rings (SSSR count). The molecule has 0 aromatic heterocycles. The summed E-state index contributed by atoms with van der Waals surface area (Å²) >= 11 is 0. The molecule has 3 heteroatoms. The van der Waals surface area contributed by atoms with Gasteiger partial charge in [0.25, 0.3) is 0 Å². The fourth-order valence-electron chi connectivity index (χ4n) is 4.27. The Morgan fingerprint density at radius 1 is 1.10 bits per heavy atom. The molecule has 1 saturated heterocycles. The van der Waals surface area contributed by atoms with E-state index in [1.54, 1.807) is 0 Å². The van der Waals surface area contributed by atoms with E-state index in [-0.39, 0.29) is 0 Å². The summed E-state index contributed by atoms with van der Waals surface area (Å²) in [7, 11) is 0. The normalized spacial score (nSPS) is 33.8. The highest BCUT2D eigenvalue weighted by atomic mass is 15.3. The van der Waals surface area contributed by atoms with Crippen molar-refractivity contribution >= 4 is 0 Å². The molecule has 2 aliphatic rings. The Morgan fingerprint density at radius 3 is 2.15 bits per heavy atom. The molecule has 0 radical (unpaired) electrons. The number of rotatable bonds is 5. The molecule has 1 aliphatic heterocycles. The van der Waals surface area contributed by atoms with Crippen LogP contribution in [-0.4, -0.2) is 54.1 Å². The van der Waals surface area contributed by atoms with Crippen molar-refractivity contribution in [2.45, 2.75) is 70.9 Å². The van der Waals surface area contributed by atoms with E-state index >= 15 is 0 Å². The molecule has 2 N–H and O–H groups in total. The molecule has 3 nitrogen and oxygen atoms in total. The molecule has 0 amide bonds. The van der Waals surface area contributed by atoms with Crippen molar-refractivity contribution in [3.63, 3.8) is 0 Å². The van der Waals surface area contributed by atoms with Gasteiger partial charge in [-0.1, -0.05) is 19.8 Å². The van der Waals surface area contributed by atoms with Gasteiger partial charge in [-0.25, -0.2) is 0 Å². The third kappa shape index (κ3) is 3.55. The van der Waals surface area contributed by atoms with E-state index in [1.807, 2.05) is 0 Å². The Kier molecular flexibility index (Phi) is 5.88. The minimum atomic E-state index is 0.327. The monoisotopic (exact) mass is 281 g/mol. The molecule has 20 heavy (non-hydrogen) atoms. The second-order valence-electron chi connectivity index (χ2n) is 7.28. The van der Waals surface area contributed by atoms with Crippen LogP contribution in [0.15, 0.2) is 0 Å². The molecule has 0 atom stereocenters. The number of hydrogen-bond acceptors (Lipinski definition) is 3. The minimum Gasteiger partial charge on any atom is -0.329 e. The lowest BCUT2D eigenvalue weighted by atomic mass is 9.74. The molecule has 0 bridgehead atoms. The first-order valence-electron chi connectivity index (χ1n) is 8.80. The Bertz CT molecular complexity index is 274.